The van der Waals surface area contributed by atoms with Crippen molar-refractivity contribution in [2.75, 3.05) is 18.0 Å². The average molecular weight is 329 g/mol. The van der Waals surface area contributed by atoms with E-state index in [-0.39, 0.29) is 11.9 Å². The van der Waals surface area contributed by atoms with Crippen LogP contribution in [0.25, 0.3) is 0 Å². The van der Waals surface area contributed by atoms with Gasteiger partial charge in [-0.25, -0.2) is 9.97 Å². The Hall–Kier alpha value is -2.44. The van der Waals surface area contributed by atoms with Gasteiger partial charge in [0.15, 0.2) is 0 Å². The number of hydrogen-bond acceptors (Lipinski definition) is 6. The molecule has 128 valence electrons. The number of hydrogen-bond donors (Lipinski definition) is 1. The maximum Gasteiger partial charge on any atom is 0.225 e. The van der Waals surface area contributed by atoms with Gasteiger partial charge in [-0.15, -0.1) is 0 Å². The molecule has 2 aromatic rings. The van der Waals surface area contributed by atoms with Crippen molar-refractivity contribution in [3.05, 3.63) is 35.5 Å². The first-order chi connectivity index (χ1) is 11.6. The highest BCUT2D eigenvalue weighted by molar-refractivity contribution is 5.76. The van der Waals surface area contributed by atoms with Gasteiger partial charge in [0.25, 0.3) is 0 Å². The molecule has 1 amide bonds. The summed E-state index contributed by atoms with van der Waals surface area (Å²) in [6.07, 6.45) is 6.60. The Morgan fingerprint density at radius 2 is 2.17 bits per heavy atom. The van der Waals surface area contributed by atoms with Crippen molar-refractivity contribution in [1.82, 2.24) is 20.4 Å². The molecule has 1 saturated heterocycles. The maximum absolute atomic E-state index is 12.3. The number of nitrogens with zero attached hydrogens (tertiary/aromatic N) is 4. The van der Waals surface area contributed by atoms with Crippen molar-refractivity contribution in [2.45, 2.75) is 45.6 Å². The minimum atomic E-state index is 0.0656. The number of carbonyl (C=O) groups is 1. The minimum Gasteiger partial charge on any atom is -0.361 e. The second kappa shape index (κ2) is 7.42. The number of anilines is 1. The SMILES string of the molecule is Cc1noc(C)c1CCC(=O)N[C@@H]1CCCN(c2ncccn2)C1. The van der Waals surface area contributed by atoms with Crippen LogP contribution in [0.2, 0.25) is 0 Å². The Balaban J connectivity index is 1.51. The second-order valence-corrected chi connectivity index (χ2v) is 6.20. The van der Waals surface area contributed by atoms with E-state index in [4.69, 9.17) is 4.52 Å². The van der Waals surface area contributed by atoms with Gasteiger partial charge in [-0.3, -0.25) is 4.79 Å². The third-order valence-electron chi connectivity index (χ3n) is 4.40. The first-order valence-electron chi connectivity index (χ1n) is 8.36. The summed E-state index contributed by atoms with van der Waals surface area (Å²) >= 11 is 0. The first kappa shape index (κ1) is 16.4. The number of nitrogens with one attached hydrogen (secondary N) is 1. The largest absolute Gasteiger partial charge is 0.361 e. The molecule has 0 unspecified atom stereocenters. The van der Waals surface area contributed by atoms with E-state index in [1.54, 1.807) is 18.5 Å². The summed E-state index contributed by atoms with van der Waals surface area (Å²) in [6, 6.07) is 1.95. The fourth-order valence-corrected chi connectivity index (χ4v) is 3.13. The smallest absolute Gasteiger partial charge is 0.225 e. The van der Waals surface area contributed by atoms with E-state index in [0.717, 1.165) is 48.9 Å². The highest BCUT2D eigenvalue weighted by Crippen LogP contribution is 2.17. The van der Waals surface area contributed by atoms with Gasteiger partial charge >= 0.3 is 0 Å². The van der Waals surface area contributed by atoms with Crippen molar-refractivity contribution < 1.29 is 9.32 Å². The van der Waals surface area contributed by atoms with Gasteiger partial charge in [0, 0.05) is 43.5 Å². The Labute approximate surface area is 141 Å². The molecule has 1 aliphatic heterocycles. The zero-order valence-electron chi connectivity index (χ0n) is 14.2. The van der Waals surface area contributed by atoms with Crippen LogP contribution < -0.4 is 10.2 Å². The molecule has 0 spiro atoms. The Morgan fingerprint density at radius 3 is 2.88 bits per heavy atom. The summed E-state index contributed by atoms with van der Waals surface area (Å²) in [5.41, 5.74) is 1.90. The Kier molecular flexibility index (Phi) is 5.08. The van der Waals surface area contributed by atoms with Crippen LogP contribution >= 0.6 is 0 Å². The van der Waals surface area contributed by atoms with Crippen molar-refractivity contribution in [2.24, 2.45) is 0 Å². The van der Waals surface area contributed by atoms with E-state index in [2.05, 4.69) is 25.3 Å². The molecule has 0 bridgehead atoms. The van der Waals surface area contributed by atoms with Crippen molar-refractivity contribution in [1.29, 1.82) is 0 Å². The van der Waals surface area contributed by atoms with Crippen LogP contribution in [0.3, 0.4) is 0 Å². The molecule has 24 heavy (non-hydrogen) atoms. The molecule has 7 heteroatoms. The maximum atomic E-state index is 12.3. The average Bonchev–Trinajstić information content (AvgIpc) is 2.92. The molecule has 0 aliphatic carbocycles. The number of rotatable bonds is 5. The third kappa shape index (κ3) is 3.90. The molecule has 3 heterocycles. The highest BCUT2D eigenvalue weighted by atomic mass is 16.5. The number of aryl methyl sites for hydroxylation is 2. The zero-order valence-corrected chi connectivity index (χ0v) is 14.2. The minimum absolute atomic E-state index is 0.0656. The lowest BCUT2D eigenvalue weighted by atomic mass is 10.0. The molecule has 1 aliphatic rings. The van der Waals surface area contributed by atoms with Crippen molar-refractivity contribution in [3.8, 4) is 0 Å². The Bertz CT molecular complexity index is 666. The molecule has 3 rings (SSSR count). The van der Waals surface area contributed by atoms with Crippen LogP contribution in [-0.4, -0.2) is 40.2 Å². The van der Waals surface area contributed by atoms with Crippen molar-refractivity contribution >= 4 is 11.9 Å². The fraction of sp³-hybridized carbons (Fsp3) is 0.529. The van der Waals surface area contributed by atoms with Gasteiger partial charge in [0.2, 0.25) is 11.9 Å². The summed E-state index contributed by atoms with van der Waals surface area (Å²) in [4.78, 5) is 23.0. The molecule has 1 fully saturated rings. The summed E-state index contributed by atoms with van der Waals surface area (Å²) < 4.78 is 5.14. The van der Waals surface area contributed by atoms with Crippen LogP contribution in [0.15, 0.2) is 23.0 Å². The molecule has 1 N–H and O–H groups in total. The normalized spacial score (nSPS) is 17.8. The molecule has 7 nitrogen and oxygen atoms in total. The first-order valence-corrected chi connectivity index (χ1v) is 8.36. The van der Waals surface area contributed by atoms with Gasteiger partial charge in [0.1, 0.15) is 5.76 Å². The molecule has 0 aromatic carbocycles. The monoisotopic (exact) mass is 329 g/mol. The predicted molar refractivity (Wildman–Crippen MR) is 89.7 cm³/mol. The number of aromatic nitrogens is 3. The van der Waals surface area contributed by atoms with Crippen LogP contribution in [0.4, 0.5) is 5.95 Å². The second-order valence-electron chi connectivity index (χ2n) is 6.20. The number of amides is 1. The predicted octanol–water partition coefficient (Wildman–Crippen LogP) is 1.80. The van der Waals surface area contributed by atoms with Crippen LogP contribution in [0.5, 0.6) is 0 Å². The molecule has 1 atom stereocenters. The summed E-state index contributed by atoms with van der Waals surface area (Å²) in [5.74, 6) is 1.59. The molecule has 2 aromatic heterocycles. The van der Waals surface area contributed by atoms with Gasteiger partial charge < -0.3 is 14.7 Å². The molecular weight excluding hydrogens is 306 g/mol. The zero-order chi connectivity index (χ0) is 16.9. The fourth-order valence-electron chi connectivity index (χ4n) is 3.13. The number of carbonyl (C=O) groups excluding carboxylic acids is 1. The topological polar surface area (TPSA) is 84.2 Å². The highest BCUT2D eigenvalue weighted by Gasteiger charge is 2.23. The van der Waals surface area contributed by atoms with E-state index < -0.39 is 0 Å². The van der Waals surface area contributed by atoms with E-state index in [1.165, 1.54) is 0 Å². The molecular formula is C17H23N5O2. The molecule has 0 radical (unpaired) electrons. The molecule has 0 saturated carbocycles. The van der Waals surface area contributed by atoms with E-state index in [0.29, 0.717) is 12.8 Å². The standard InChI is InChI=1S/C17H23N5O2/c1-12-15(13(2)24-21-12)6-7-16(23)20-14-5-3-10-22(11-14)17-18-8-4-9-19-17/h4,8-9,14H,3,5-7,10-11H2,1-2H3,(H,20,23)/t14-/m1/s1. The quantitative estimate of drug-likeness (QED) is 0.900. The Morgan fingerprint density at radius 1 is 1.38 bits per heavy atom. The summed E-state index contributed by atoms with van der Waals surface area (Å²) in [6.45, 7) is 5.46. The van der Waals surface area contributed by atoms with Crippen LogP contribution in [0.1, 0.15) is 36.3 Å². The van der Waals surface area contributed by atoms with Crippen LogP contribution in [0, 0.1) is 13.8 Å². The summed E-state index contributed by atoms with van der Waals surface area (Å²) in [5, 5.41) is 7.06. The van der Waals surface area contributed by atoms with Gasteiger partial charge in [-0.05, 0) is 39.2 Å². The van der Waals surface area contributed by atoms with Crippen molar-refractivity contribution in [3.63, 3.8) is 0 Å². The van der Waals surface area contributed by atoms with E-state index in [1.807, 2.05) is 13.8 Å². The van der Waals surface area contributed by atoms with Gasteiger partial charge in [0.05, 0.1) is 5.69 Å². The number of piperidine rings is 1. The van der Waals surface area contributed by atoms with E-state index in [9.17, 15) is 4.79 Å². The van der Waals surface area contributed by atoms with Gasteiger partial charge in [-0.1, -0.05) is 5.16 Å². The van der Waals surface area contributed by atoms with Crippen LogP contribution in [-0.2, 0) is 11.2 Å². The lowest BCUT2D eigenvalue weighted by Crippen LogP contribution is -2.48. The lowest BCUT2D eigenvalue weighted by Gasteiger charge is -2.33. The summed E-state index contributed by atoms with van der Waals surface area (Å²) in [7, 11) is 0. The van der Waals surface area contributed by atoms with Gasteiger partial charge in [-0.2, -0.15) is 0 Å². The lowest BCUT2D eigenvalue weighted by molar-refractivity contribution is -0.121. The van der Waals surface area contributed by atoms with E-state index >= 15 is 0 Å². The third-order valence-corrected chi connectivity index (χ3v) is 4.40.